The summed E-state index contributed by atoms with van der Waals surface area (Å²) in [7, 11) is 0. The molecule has 9 nitrogen and oxygen atoms in total. The number of aryl methyl sites for hydroxylation is 1. The van der Waals surface area contributed by atoms with E-state index in [2.05, 4.69) is 53.1 Å². The molecule has 1 N–H and O–H groups in total. The van der Waals surface area contributed by atoms with Gasteiger partial charge in [-0.3, -0.25) is 14.5 Å². The second kappa shape index (κ2) is 11.0. The minimum atomic E-state index is -0.201. The Morgan fingerprint density at radius 2 is 1.97 bits per heavy atom. The number of nitrogens with one attached hydrogen (secondary N) is 1. The molecule has 0 aliphatic carbocycles. The zero-order valence-electron chi connectivity index (χ0n) is 19.5. The number of anilines is 1. The summed E-state index contributed by atoms with van der Waals surface area (Å²) in [5, 5.41) is 12.2. The van der Waals surface area contributed by atoms with Crippen LogP contribution in [0.1, 0.15) is 70.0 Å². The van der Waals surface area contributed by atoms with Gasteiger partial charge >= 0.3 is 0 Å². The second-order valence-corrected chi connectivity index (χ2v) is 10.2. The first-order valence-corrected chi connectivity index (χ1v) is 12.1. The second-order valence-electron chi connectivity index (χ2n) is 9.18. The lowest BCUT2D eigenvalue weighted by Gasteiger charge is -2.21. The van der Waals surface area contributed by atoms with Crippen molar-refractivity contribution in [2.45, 2.75) is 71.8 Å². The number of rotatable bonds is 8. The van der Waals surface area contributed by atoms with Crippen molar-refractivity contribution in [2.75, 3.05) is 31.5 Å². The Hall–Kier alpha value is -2.33. The number of carbonyl (C=O) groups is 2. The van der Waals surface area contributed by atoms with Gasteiger partial charge in [0.15, 0.2) is 0 Å². The molecule has 0 saturated carbocycles. The van der Waals surface area contributed by atoms with Crippen LogP contribution in [0.25, 0.3) is 0 Å². The van der Waals surface area contributed by atoms with Crippen LogP contribution in [0.15, 0.2) is 10.6 Å². The molecule has 0 atom stereocenters. The van der Waals surface area contributed by atoms with Crippen LogP contribution in [-0.2, 0) is 28.0 Å². The number of aromatic nitrogens is 3. The number of carbonyl (C=O) groups excluding carboxylic acids is 2. The van der Waals surface area contributed by atoms with Crippen LogP contribution in [0, 0.1) is 0 Å². The lowest BCUT2D eigenvalue weighted by molar-refractivity contribution is -0.132. The maximum absolute atomic E-state index is 12.6. The van der Waals surface area contributed by atoms with Crippen molar-refractivity contribution in [3.8, 4) is 0 Å². The Balaban J connectivity index is 1.41. The minimum Gasteiger partial charge on any atom is -0.444 e. The van der Waals surface area contributed by atoms with Gasteiger partial charge in [0.2, 0.25) is 22.8 Å². The maximum atomic E-state index is 12.6. The number of nitrogens with zero attached hydrogens (tertiary/aromatic N) is 5. The first-order valence-electron chi connectivity index (χ1n) is 11.3. The Kier molecular flexibility index (Phi) is 8.36. The van der Waals surface area contributed by atoms with Crippen LogP contribution in [0.4, 0.5) is 5.13 Å². The van der Waals surface area contributed by atoms with E-state index in [9.17, 15) is 9.59 Å². The summed E-state index contributed by atoms with van der Waals surface area (Å²) < 4.78 is 5.91. The minimum absolute atomic E-state index is 0.0112. The molecular weight excluding hydrogens is 428 g/mol. The predicted octanol–water partition coefficient (Wildman–Crippen LogP) is 3.23. The van der Waals surface area contributed by atoms with E-state index >= 15 is 0 Å². The molecule has 32 heavy (non-hydrogen) atoms. The van der Waals surface area contributed by atoms with Crippen LogP contribution in [0.3, 0.4) is 0 Å². The summed E-state index contributed by atoms with van der Waals surface area (Å²) in [6.45, 7) is 12.0. The standard InChI is InChI=1S/C22H34N6O3S/c1-5-7-19-25-26-21(32-19)24-17(29)8-9-20(30)28-11-6-10-27(12-13-28)15-18-23-14-16(31-18)22(2,3)4/h14H,5-13,15H2,1-4H3,(H,24,26,29). The SMILES string of the molecule is CCCc1nnc(NC(=O)CCC(=O)N2CCCN(Cc3ncc(C(C)(C)C)o3)CC2)s1. The Labute approximate surface area is 193 Å². The summed E-state index contributed by atoms with van der Waals surface area (Å²) >= 11 is 1.39. The van der Waals surface area contributed by atoms with Gasteiger partial charge in [0, 0.05) is 50.9 Å². The summed E-state index contributed by atoms with van der Waals surface area (Å²) in [5.74, 6) is 1.40. The van der Waals surface area contributed by atoms with Gasteiger partial charge in [-0.2, -0.15) is 0 Å². The molecule has 1 saturated heterocycles. The van der Waals surface area contributed by atoms with Crippen molar-refractivity contribution in [1.29, 1.82) is 0 Å². The highest BCUT2D eigenvalue weighted by atomic mass is 32.1. The number of amides is 2. The van der Waals surface area contributed by atoms with Crippen molar-refractivity contribution >= 4 is 28.3 Å². The van der Waals surface area contributed by atoms with E-state index in [4.69, 9.17) is 4.42 Å². The highest BCUT2D eigenvalue weighted by Gasteiger charge is 2.23. The number of hydrogen-bond acceptors (Lipinski definition) is 8. The largest absolute Gasteiger partial charge is 0.444 e. The van der Waals surface area contributed by atoms with Gasteiger partial charge in [-0.15, -0.1) is 10.2 Å². The number of hydrogen-bond donors (Lipinski definition) is 1. The molecule has 0 spiro atoms. The van der Waals surface area contributed by atoms with Crippen LogP contribution in [0.2, 0.25) is 0 Å². The lowest BCUT2D eigenvalue weighted by atomic mass is 9.94. The number of oxazole rings is 1. The van der Waals surface area contributed by atoms with E-state index in [0.29, 0.717) is 30.7 Å². The van der Waals surface area contributed by atoms with Gasteiger partial charge in [0.1, 0.15) is 10.8 Å². The van der Waals surface area contributed by atoms with Gasteiger partial charge in [-0.05, 0) is 12.8 Å². The fourth-order valence-electron chi connectivity index (χ4n) is 3.48. The molecule has 3 rings (SSSR count). The average Bonchev–Trinajstić information content (AvgIpc) is 3.31. The maximum Gasteiger partial charge on any atom is 0.226 e. The van der Waals surface area contributed by atoms with Crippen molar-refractivity contribution in [3.63, 3.8) is 0 Å². The zero-order valence-corrected chi connectivity index (χ0v) is 20.3. The molecular formula is C22H34N6O3S. The molecule has 0 unspecified atom stereocenters. The van der Waals surface area contributed by atoms with E-state index in [1.807, 2.05) is 4.90 Å². The molecule has 10 heteroatoms. The smallest absolute Gasteiger partial charge is 0.226 e. The molecule has 1 aliphatic rings. The lowest BCUT2D eigenvalue weighted by Crippen LogP contribution is -2.35. The van der Waals surface area contributed by atoms with Crippen molar-refractivity contribution in [1.82, 2.24) is 25.0 Å². The highest BCUT2D eigenvalue weighted by molar-refractivity contribution is 7.15. The monoisotopic (exact) mass is 462 g/mol. The van der Waals surface area contributed by atoms with Gasteiger partial charge in [0.25, 0.3) is 0 Å². The molecule has 2 amide bonds. The summed E-state index contributed by atoms with van der Waals surface area (Å²) in [6.07, 6.45) is 4.87. The quantitative estimate of drug-likeness (QED) is 0.642. The zero-order chi connectivity index (χ0) is 23.1. The van der Waals surface area contributed by atoms with Crippen molar-refractivity contribution < 1.29 is 14.0 Å². The normalized spacial score (nSPS) is 15.6. The van der Waals surface area contributed by atoms with Crippen LogP contribution >= 0.6 is 11.3 Å². The van der Waals surface area contributed by atoms with Crippen LogP contribution in [0.5, 0.6) is 0 Å². The summed E-state index contributed by atoms with van der Waals surface area (Å²) in [4.78, 5) is 33.4. The molecule has 0 radical (unpaired) electrons. The Morgan fingerprint density at radius 1 is 1.16 bits per heavy atom. The molecule has 0 aromatic carbocycles. The molecule has 1 fully saturated rings. The molecule has 0 bridgehead atoms. The first kappa shape index (κ1) is 24.3. The molecule has 2 aromatic rings. The Morgan fingerprint density at radius 3 is 2.69 bits per heavy atom. The molecule has 3 heterocycles. The van der Waals surface area contributed by atoms with Gasteiger partial charge in [-0.25, -0.2) is 4.98 Å². The van der Waals surface area contributed by atoms with Crippen LogP contribution < -0.4 is 5.32 Å². The van der Waals surface area contributed by atoms with E-state index in [0.717, 1.165) is 43.1 Å². The fraction of sp³-hybridized carbons (Fsp3) is 0.682. The fourth-order valence-corrected chi connectivity index (χ4v) is 4.34. The van der Waals surface area contributed by atoms with Gasteiger partial charge in [0.05, 0.1) is 12.7 Å². The van der Waals surface area contributed by atoms with Crippen LogP contribution in [-0.4, -0.2) is 63.0 Å². The summed E-state index contributed by atoms with van der Waals surface area (Å²) in [6, 6.07) is 0. The van der Waals surface area contributed by atoms with E-state index in [-0.39, 0.29) is 30.1 Å². The molecule has 176 valence electrons. The third-order valence-corrected chi connectivity index (χ3v) is 6.23. The average molecular weight is 463 g/mol. The topological polar surface area (TPSA) is 104 Å². The predicted molar refractivity (Wildman–Crippen MR) is 123 cm³/mol. The first-order chi connectivity index (χ1) is 15.2. The third-order valence-electron chi connectivity index (χ3n) is 5.34. The highest BCUT2D eigenvalue weighted by Crippen LogP contribution is 2.23. The Bertz CT molecular complexity index is 904. The third kappa shape index (κ3) is 7.09. The molecule has 2 aromatic heterocycles. The van der Waals surface area contributed by atoms with Crippen molar-refractivity contribution in [3.05, 3.63) is 22.9 Å². The van der Waals surface area contributed by atoms with E-state index in [1.54, 1.807) is 6.20 Å². The van der Waals surface area contributed by atoms with E-state index in [1.165, 1.54) is 11.3 Å². The summed E-state index contributed by atoms with van der Waals surface area (Å²) in [5.41, 5.74) is -0.0621. The molecule has 1 aliphatic heterocycles. The van der Waals surface area contributed by atoms with Gasteiger partial charge < -0.3 is 14.6 Å². The van der Waals surface area contributed by atoms with Gasteiger partial charge in [-0.1, -0.05) is 39.0 Å². The van der Waals surface area contributed by atoms with Crippen molar-refractivity contribution in [2.24, 2.45) is 0 Å². The van der Waals surface area contributed by atoms with E-state index < -0.39 is 0 Å².